The summed E-state index contributed by atoms with van der Waals surface area (Å²) in [5, 5.41) is 4.90. The first kappa shape index (κ1) is 18.9. The van der Waals surface area contributed by atoms with Gasteiger partial charge in [0.2, 0.25) is 0 Å². The van der Waals surface area contributed by atoms with Crippen molar-refractivity contribution in [1.82, 2.24) is 9.88 Å². The monoisotopic (exact) mass is 330 g/mol. The van der Waals surface area contributed by atoms with Crippen molar-refractivity contribution >= 4 is 10.9 Å². The van der Waals surface area contributed by atoms with Gasteiger partial charge in [0.25, 0.3) is 0 Å². The van der Waals surface area contributed by atoms with Crippen molar-refractivity contribution in [2.45, 2.75) is 73.6 Å². The van der Waals surface area contributed by atoms with Gasteiger partial charge in [0, 0.05) is 29.7 Å². The smallest absolute Gasteiger partial charge is 0.120 e. The maximum Gasteiger partial charge on any atom is 0.120 e. The zero-order chi connectivity index (χ0) is 17.7. The molecule has 1 heterocycles. The van der Waals surface area contributed by atoms with Gasteiger partial charge in [-0.05, 0) is 62.9 Å². The molecule has 3 heteroatoms. The van der Waals surface area contributed by atoms with E-state index in [2.05, 4.69) is 69.6 Å². The Bertz CT molecular complexity index is 657. The second-order valence-corrected chi connectivity index (χ2v) is 7.26. The van der Waals surface area contributed by atoms with E-state index in [0.717, 1.165) is 38.2 Å². The molecule has 24 heavy (non-hydrogen) atoms. The van der Waals surface area contributed by atoms with E-state index in [-0.39, 0.29) is 6.10 Å². The third-order valence-electron chi connectivity index (χ3n) is 4.61. The molecule has 0 aliphatic heterocycles. The number of nitrogens with one attached hydrogen (secondary N) is 1. The van der Waals surface area contributed by atoms with Crippen molar-refractivity contribution < 1.29 is 4.74 Å². The molecule has 134 valence electrons. The zero-order valence-corrected chi connectivity index (χ0v) is 16.3. The predicted octanol–water partition coefficient (Wildman–Crippen LogP) is 5.28. The molecule has 0 bridgehead atoms. The number of ether oxygens (including phenoxy) is 1. The Morgan fingerprint density at radius 2 is 1.92 bits per heavy atom. The van der Waals surface area contributed by atoms with E-state index in [1.165, 1.54) is 22.2 Å². The lowest BCUT2D eigenvalue weighted by atomic mass is 10.1. The molecule has 1 N–H and O–H groups in total. The summed E-state index contributed by atoms with van der Waals surface area (Å²) in [7, 11) is 0. The molecule has 0 aliphatic rings. The first-order chi connectivity index (χ1) is 11.5. The van der Waals surface area contributed by atoms with E-state index in [0.29, 0.717) is 5.92 Å². The van der Waals surface area contributed by atoms with Crippen LogP contribution in [0, 0.1) is 12.8 Å². The number of nitrogens with zero attached hydrogens (tertiary/aromatic N) is 1. The molecule has 0 saturated heterocycles. The minimum Gasteiger partial charge on any atom is -0.491 e. The molecular formula is C21H34N2O. The normalized spacial score (nSPS) is 13.0. The van der Waals surface area contributed by atoms with Crippen LogP contribution in [0.4, 0.5) is 0 Å². The van der Waals surface area contributed by atoms with Crippen LogP contribution < -0.4 is 10.1 Å². The average Bonchev–Trinajstić information content (AvgIpc) is 2.79. The summed E-state index contributed by atoms with van der Waals surface area (Å²) in [6.07, 6.45) is 2.44. The summed E-state index contributed by atoms with van der Waals surface area (Å²) in [6, 6.07) is 6.58. The van der Waals surface area contributed by atoms with Gasteiger partial charge in [-0.1, -0.05) is 27.7 Å². The molecule has 0 spiro atoms. The van der Waals surface area contributed by atoms with Crippen LogP contribution in [-0.4, -0.2) is 17.2 Å². The third-order valence-corrected chi connectivity index (χ3v) is 4.61. The number of hydrogen-bond donors (Lipinski definition) is 1. The number of benzene rings is 1. The van der Waals surface area contributed by atoms with E-state index in [1.807, 2.05) is 0 Å². The van der Waals surface area contributed by atoms with Crippen LogP contribution in [-0.2, 0) is 13.1 Å². The van der Waals surface area contributed by atoms with Crippen LogP contribution in [0.15, 0.2) is 18.2 Å². The Hall–Kier alpha value is -1.48. The highest BCUT2D eigenvalue weighted by Gasteiger charge is 2.16. The van der Waals surface area contributed by atoms with Crippen LogP contribution in [0.5, 0.6) is 5.75 Å². The lowest BCUT2D eigenvalue weighted by Gasteiger charge is -2.13. The molecule has 0 saturated carbocycles. The van der Waals surface area contributed by atoms with Crippen molar-refractivity contribution in [1.29, 1.82) is 0 Å². The van der Waals surface area contributed by atoms with Crippen molar-refractivity contribution in [3.05, 3.63) is 29.5 Å². The van der Waals surface area contributed by atoms with Gasteiger partial charge >= 0.3 is 0 Å². The van der Waals surface area contributed by atoms with E-state index in [9.17, 15) is 0 Å². The Balaban J connectivity index is 2.44. The molecule has 0 aliphatic carbocycles. The average molecular weight is 331 g/mol. The fraction of sp³-hybridized carbons (Fsp3) is 0.619. The fourth-order valence-corrected chi connectivity index (χ4v) is 3.13. The van der Waals surface area contributed by atoms with Gasteiger partial charge in [0.1, 0.15) is 5.75 Å². The summed E-state index contributed by atoms with van der Waals surface area (Å²) in [5.74, 6) is 1.61. The number of hydrogen-bond acceptors (Lipinski definition) is 2. The fourth-order valence-electron chi connectivity index (χ4n) is 3.13. The van der Waals surface area contributed by atoms with E-state index in [4.69, 9.17) is 4.74 Å². The summed E-state index contributed by atoms with van der Waals surface area (Å²) < 4.78 is 8.52. The minimum absolute atomic E-state index is 0.253. The Morgan fingerprint density at radius 3 is 2.54 bits per heavy atom. The van der Waals surface area contributed by atoms with E-state index < -0.39 is 0 Å². The Labute approximate surface area is 147 Å². The van der Waals surface area contributed by atoms with E-state index in [1.54, 1.807) is 0 Å². The van der Waals surface area contributed by atoms with Gasteiger partial charge in [-0.15, -0.1) is 0 Å². The van der Waals surface area contributed by atoms with Gasteiger partial charge in [0.05, 0.1) is 6.10 Å². The molecule has 0 radical (unpaired) electrons. The Morgan fingerprint density at radius 1 is 1.17 bits per heavy atom. The number of aromatic nitrogens is 1. The molecule has 2 aromatic rings. The molecule has 0 unspecified atom stereocenters. The third kappa shape index (κ3) is 4.32. The summed E-state index contributed by atoms with van der Waals surface area (Å²) >= 11 is 0. The van der Waals surface area contributed by atoms with Gasteiger partial charge < -0.3 is 14.6 Å². The zero-order valence-electron chi connectivity index (χ0n) is 16.3. The second-order valence-electron chi connectivity index (χ2n) is 7.26. The van der Waals surface area contributed by atoms with Crippen LogP contribution in [0.2, 0.25) is 0 Å². The maximum atomic E-state index is 6.05. The maximum absolute atomic E-state index is 6.05. The highest BCUT2D eigenvalue weighted by Crippen LogP contribution is 2.30. The highest BCUT2D eigenvalue weighted by molar-refractivity contribution is 5.87. The van der Waals surface area contributed by atoms with Crippen LogP contribution >= 0.6 is 0 Å². The summed E-state index contributed by atoms with van der Waals surface area (Å²) in [5.41, 5.74) is 4.11. The van der Waals surface area contributed by atoms with Gasteiger partial charge in [0.15, 0.2) is 0 Å². The summed E-state index contributed by atoms with van der Waals surface area (Å²) in [6.45, 7) is 16.3. The topological polar surface area (TPSA) is 26.2 Å². The molecule has 1 aromatic carbocycles. The minimum atomic E-state index is 0.253. The largest absolute Gasteiger partial charge is 0.491 e. The quantitative estimate of drug-likeness (QED) is 0.633. The SMILES string of the molecule is CCCNCc1c(C)n(CC(C)C)c2ccc(O[C@H](C)CC)cc12. The lowest BCUT2D eigenvalue weighted by Crippen LogP contribution is -2.15. The number of fused-ring (bicyclic) bond motifs is 1. The lowest BCUT2D eigenvalue weighted by molar-refractivity contribution is 0.217. The molecule has 1 atom stereocenters. The van der Waals surface area contributed by atoms with Crippen LogP contribution in [0.1, 0.15) is 58.7 Å². The standard InChI is InChI=1S/C21H34N2O/c1-7-11-22-13-20-17(6)23(14-15(3)4)21-10-9-18(12-19(20)21)24-16(5)8-2/h9-10,12,15-16,22H,7-8,11,13-14H2,1-6H3/t16-/m1/s1. The molecule has 0 amide bonds. The first-order valence-electron chi connectivity index (χ1n) is 9.46. The van der Waals surface area contributed by atoms with Crippen molar-refractivity contribution in [2.75, 3.05) is 6.54 Å². The second kappa shape index (κ2) is 8.57. The van der Waals surface area contributed by atoms with E-state index >= 15 is 0 Å². The van der Waals surface area contributed by atoms with Crippen molar-refractivity contribution in [3.63, 3.8) is 0 Å². The van der Waals surface area contributed by atoms with Crippen molar-refractivity contribution in [3.8, 4) is 5.75 Å². The predicted molar refractivity (Wildman–Crippen MR) is 104 cm³/mol. The number of rotatable bonds is 9. The first-order valence-corrected chi connectivity index (χ1v) is 9.46. The van der Waals surface area contributed by atoms with Crippen molar-refractivity contribution in [2.24, 2.45) is 5.92 Å². The molecule has 1 aromatic heterocycles. The van der Waals surface area contributed by atoms with Gasteiger partial charge in [-0.2, -0.15) is 0 Å². The van der Waals surface area contributed by atoms with Gasteiger partial charge in [-0.3, -0.25) is 0 Å². The molecule has 0 fully saturated rings. The van der Waals surface area contributed by atoms with Crippen LogP contribution in [0.3, 0.4) is 0 Å². The summed E-state index contributed by atoms with van der Waals surface area (Å²) in [4.78, 5) is 0. The molecule has 2 rings (SSSR count). The highest BCUT2D eigenvalue weighted by atomic mass is 16.5. The van der Waals surface area contributed by atoms with Crippen LogP contribution in [0.25, 0.3) is 10.9 Å². The molecule has 3 nitrogen and oxygen atoms in total. The van der Waals surface area contributed by atoms with Gasteiger partial charge in [-0.25, -0.2) is 0 Å². The molecular weight excluding hydrogens is 296 g/mol. The Kier molecular flexibility index (Phi) is 6.73.